The summed E-state index contributed by atoms with van der Waals surface area (Å²) in [6, 6.07) is 14.9. The smallest absolute Gasteiger partial charge is 0.175 e. The van der Waals surface area contributed by atoms with Gasteiger partial charge in [0.05, 0.1) is 18.0 Å². The summed E-state index contributed by atoms with van der Waals surface area (Å²) >= 11 is 0. The molecule has 154 valence electrons. The van der Waals surface area contributed by atoms with E-state index in [4.69, 9.17) is 9.47 Å². The van der Waals surface area contributed by atoms with E-state index in [9.17, 15) is 8.42 Å². The second-order valence-electron chi connectivity index (χ2n) is 6.59. The van der Waals surface area contributed by atoms with Crippen LogP contribution in [0.4, 0.5) is 0 Å². The predicted molar refractivity (Wildman–Crippen MR) is 112 cm³/mol. The summed E-state index contributed by atoms with van der Waals surface area (Å²) in [5.41, 5.74) is 1.16. The summed E-state index contributed by atoms with van der Waals surface area (Å²) in [6.07, 6.45) is 1.20. The number of hydrogen-bond acceptors (Lipinski definition) is 6. The van der Waals surface area contributed by atoms with Crippen molar-refractivity contribution in [2.75, 3.05) is 46.2 Å². The third-order valence-electron chi connectivity index (χ3n) is 4.73. The van der Waals surface area contributed by atoms with Gasteiger partial charge in [0.25, 0.3) is 0 Å². The second kappa shape index (κ2) is 10.1. The molecule has 1 aliphatic rings. The number of halogens is 1. The lowest BCUT2D eigenvalue weighted by Gasteiger charge is -2.36. The molecule has 1 unspecified atom stereocenters. The van der Waals surface area contributed by atoms with Gasteiger partial charge in [0.2, 0.25) is 0 Å². The Bertz CT molecular complexity index is 876. The fraction of sp³-hybridized carbons (Fsp3) is 0.400. The molecule has 0 aromatic heterocycles. The van der Waals surface area contributed by atoms with E-state index in [2.05, 4.69) is 16.3 Å². The van der Waals surface area contributed by atoms with Gasteiger partial charge in [0.1, 0.15) is 18.1 Å². The first-order chi connectivity index (χ1) is 13.0. The van der Waals surface area contributed by atoms with E-state index < -0.39 is 9.84 Å². The minimum absolute atomic E-state index is 0. The average Bonchev–Trinajstić information content (AvgIpc) is 2.68. The highest BCUT2D eigenvalue weighted by Gasteiger charge is 2.25. The number of piperazine rings is 1. The van der Waals surface area contributed by atoms with E-state index in [0.717, 1.165) is 37.5 Å². The number of hydrogen-bond donors (Lipinski definition) is 1. The lowest BCUT2D eigenvalue weighted by atomic mass is 10.0. The first-order valence-corrected chi connectivity index (χ1v) is 10.9. The Kier molecular flexibility index (Phi) is 8.12. The number of para-hydroxylation sites is 1. The fourth-order valence-electron chi connectivity index (χ4n) is 3.34. The van der Waals surface area contributed by atoms with E-state index in [0.29, 0.717) is 12.4 Å². The van der Waals surface area contributed by atoms with Crippen molar-refractivity contribution in [1.29, 1.82) is 0 Å². The first kappa shape index (κ1) is 22.5. The highest BCUT2D eigenvalue weighted by Crippen LogP contribution is 2.30. The van der Waals surface area contributed by atoms with Crippen LogP contribution in [0.2, 0.25) is 0 Å². The van der Waals surface area contributed by atoms with E-state index >= 15 is 0 Å². The van der Waals surface area contributed by atoms with Crippen LogP contribution in [0.3, 0.4) is 0 Å². The van der Waals surface area contributed by atoms with Crippen molar-refractivity contribution in [1.82, 2.24) is 10.2 Å². The third-order valence-corrected chi connectivity index (χ3v) is 5.84. The summed E-state index contributed by atoms with van der Waals surface area (Å²) < 4.78 is 34.7. The standard InChI is InChI=1S/C20H26N2O4S.ClH/c1-25-20-9-4-3-8-18(20)19-15-21-10-11-22(19)12-13-26-16-6-5-7-17(14-16)27(2,23)24;/h3-9,14,19,21H,10-13,15H2,1-2H3;1H. The number of rotatable bonds is 7. The second-order valence-corrected chi connectivity index (χ2v) is 8.61. The zero-order valence-corrected chi connectivity index (χ0v) is 17.8. The van der Waals surface area contributed by atoms with Gasteiger partial charge in [0.15, 0.2) is 9.84 Å². The van der Waals surface area contributed by atoms with Crippen LogP contribution in [0, 0.1) is 0 Å². The molecule has 2 aromatic carbocycles. The van der Waals surface area contributed by atoms with Gasteiger partial charge in [-0.25, -0.2) is 8.42 Å². The van der Waals surface area contributed by atoms with Crippen LogP contribution in [0.25, 0.3) is 0 Å². The molecule has 28 heavy (non-hydrogen) atoms. The van der Waals surface area contributed by atoms with Crippen molar-refractivity contribution < 1.29 is 17.9 Å². The summed E-state index contributed by atoms with van der Waals surface area (Å²) in [6.45, 7) is 3.92. The molecule has 1 atom stereocenters. The Morgan fingerprint density at radius 2 is 1.96 bits per heavy atom. The highest BCUT2D eigenvalue weighted by molar-refractivity contribution is 7.90. The molecule has 0 spiro atoms. The number of nitrogens with one attached hydrogen (secondary N) is 1. The molecule has 0 radical (unpaired) electrons. The van der Waals surface area contributed by atoms with Crippen LogP contribution in [0.1, 0.15) is 11.6 Å². The van der Waals surface area contributed by atoms with Gasteiger partial charge in [-0.1, -0.05) is 24.3 Å². The molecular weight excluding hydrogens is 400 g/mol. The maximum absolute atomic E-state index is 11.7. The Balaban J connectivity index is 0.00000280. The largest absolute Gasteiger partial charge is 0.496 e. The Morgan fingerprint density at radius 3 is 2.71 bits per heavy atom. The molecular formula is C20H27ClN2O4S. The van der Waals surface area contributed by atoms with E-state index in [1.165, 1.54) is 6.26 Å². The summed E-state index contributed by atoms with van der Waals surface area (Å²) in [5, 5.41) is 3.44. The summed E-state index contributed by atoms with van der Waals surface area (Å²) in [7, 11) is -1.54. The van der Waals surface area contributed by atoms with Crippen LogP contribution < -0.4 is 14.8 Å². The van der Waals surface area contributed by atoms with Crippen LogP contribution in [-0.2, 0) is 9.84 Å². The molecule has 1 N–H and O–H groups in total. The summed E-state index contributed by atoms with van der Waals surface area (Å²) in [5.74, 6) is 1.46. The molecule has 8 heteroatoms. The maximum Gasteiger partial charge on any atom is 0.175 e. The molecule has 1 aliphatic heterocycles. The first-order valence-electron chi connectivity index (χ1n) is 8.99. The molecule has 6 nitrogen and oxygen atoms in total. The van der Waals surface area contributed by atoms with Crippen LogP contribution in [-0.4, -0.2) is 59.5 Å². The fourth-order valence-corrected chi connectivity index (χ4v) is 3.99. The molecule has 0 bridgehead atoms. The number of sulfone groups is 1. The number of methoxy groups -OCH3 is 1. The van der Waals surface area contributed by atoms with Crippen molar-refractivity contribution in [3.8, 4) is 11.5 Å². The van der Waals surface area contributed by atoms with Gasteiger partial charge in [-0.3, -0.25) is 4.90 Å². The van der Waals surface area contributed by atoms with Gasteiger partial charge in [-0.2, -0.15) is 0 Å². The van der Waals surface area contributed by atoms with Gasteiger partial charge < -0.3 is 14.8 Å². The topological polar surface area (TPSA) is 67.9 Å². The molecule has 1 heterocycles. The highest BCUT2D eigenvalue weighted by atomic mass is 35.5. The molecule has 1 fully saturated rings. The minimum Gasteiger partial charge on any atom is -0.496 e. The number of nitrogens with zero attached hydrogens (tertiary/aromatic N) is 1. The van der Waals surface area contributed by atoms with Gasteiger partial charge in [0, 0.05) is 38.0 Å². The van der Waals surface area contributed by atoms with Crippen LogP contribution in [0.15, 0.2) is 53.4 Å². The average molecular weight is 427 g/mol. The lowest BCUT2D eigenvalue weighted by molar-refractivity contribution is 0.132. The monoisotopic (exact) mass is 426 g/mol. The molecule has 3 rings (SSSR count). The number of benzene rings is 2. The van der Waals surface area contributed by atoms with Crippen molar-refractivity contribution in [3.63, 3.8) is 0 Å². The van der Waals surface area contributed by atoms with E-state index in [1.807, 2.05) is 18.2 Å². The van der Waals surface area contributed by atoms with Crippen molar-refractivity contribution in [3.05, 3.63) is 54.1 Å². The zero-order valence-electron chi connectivity index (χ0n) is 16.1. The third kappa shape index (κ3) is 5.61. The van der Waals surface area contributed by atoms with Gasteiger partial charge in [-0.15, -0.1) is 12.4 Å². The van der Waals surface area contributed by atoms with Crippen LogP contribution in [0.5, 0.6) is 11.5 Å². The SMILES string of the molecule is COc1ccccc1C1CNCCN1CCOc1cccc(S(C)(=O)=O)c1.Cl. The van der Waals surface area contributed by atoms with E-state index in [-0.39, 0.29) is 23.3 Å². The predicted octanol–water partition coefficient (Wildman–Crippen LogP) is 2.55. The Hall–Kier alpha value is -1.80. The Labute approximate surface area is 173 Å². The molecule has 0 saturated carbocycles. The van der Waals surface area contributed by atoms with Crippen molar-refractivity contribution >= 4 is 22.2 Å². The molecule has 1 saturated heterocycles. The molecule has 2 aromatic rings. The normalized spacial score (nSPS) is 17.6. The molecule has 0 amide bonds. The van der Waals surface area contributed by atoms with E-state index in [1.54, 1.807) is 31.4 Å². The van der Waals surface area contributed by atoms with Gasteiger partial charge >= 0.3 is 0 Å². The minimum atomic E-state index is -3.24. The molecule has 0 aliphatic carbocycles. The Morgan fingerprint density at radius 1 is 1.18 bits per heavy atom. The van der Waals surface area contributed by atoms with Crippen molar-refractivity contribution in [2.24, 2.45) is 0 Å². The zero-order chi connectivity index (χ0) is 19.3. The lowest BCUT2D eigenvalue weighted by Crippen LogP contribution is -2.47. The maximum atomic E-state index is 11.7. The quantitative estimate of drug-likeness (QED) is 0.733. The van der Waals surface area contributed by atoms with Crippen molar-refractivity contribution in [2.45, 2.75) is 10.9 Å². The summed E-state index contributed by atoms with van der Waals surface area (Å²) in [4.78, 5) is 2.64. The van der Waals surface area contributed by atoms with Crippen LogP contribution >= 0.6 is 12.4 Å². The van der Waals surface area contributed by atoms with Gasteiger partial charge in [-0.05, 0) is 24.3 Å². The number of ether oxygens (including phenoxy) is 2.